The van der Waals surface area contributed by atoms with Crippen LogP contribution in [0.25, 0.3) is 0 Å². The van der Waals surface area contributed by atoms with E-state index < -0.39 is 0 Å². The predicted octanol–water partition coefficient (Wildman–Crippen LogP) is 13.7. The molecule has 0 aliphatic heterocycles. The number of hydrogen-bond donors (Lipinski definition) is 0. The van der Waals surface area contributed by atoms with Crippen LogP contribution >= 0.6 is 0 Å². The third-order valence-corrected chi connectivity index (χ3v) is 13.9. The van der Waals surface area contributed by atoms with Crippen LogP contribution in [0.15, 0.2) is 11.6 Å². The molecule has 4 aliphatic rings. The second-order valence-electron chi connectivity index (χ2n) is 17.0. The van der Waals surface area contributed by atoms with Gasteiger partial charge in [-0.15, -0.1) is 0 Å². The molecule has 0 aromatic rings. The minimum absolute atomic E-state index is 0.0664. The Morgan fingerprint density at radius 1 is 0.689 bits per heavy atom. The Kier molecular flexibility index (Phi) is 15.9. The van der Waals surface area contributed by atoms with Crippen molar-refractivity contribution >= 4 is 5.97 Å². The quantitative estimate of drug-likeness (QED) is 0.0680. The lowest BCUT2D eigenvalue weighted by atomic mass is 9.47. The summed E-state index contributed by atoms with van der Waals surface area (Å²) in [5.41, 5.74) is 2.59. The van der Waals surface area contributed by atoms with Gasteiger partial charge in [-0.25, -0.2) is 0 Å². The molecular weight excluding hydrogens is 548 g/mol. The first-order chi connectivity index (χ1) is 21.9. The van der Waals surface area contributed by atoms with E-state index in [0.29, 0.717) is 17.3 Å². The van der Waals surface area contributed by atoms with Gasteiger partial charge in [0.2, 0.25) is 0 Å². The zero-order valence-corrected chi connectivity index (χ0v) is 30.8. The van der Waals surface area contributed by atoms with Crippen molar-refractivity contribution < 1.29 is 9.53 Å². The fourth-order valence-electron chi connectivity index (χ4n) is 11.0. The third-order valence-electron chi connectivity index (χ3n) is 13.9. The molecule has 0 radical (unpaired) electrons. The largest absolute Gasteiger partial charge is 0.462 e. The minimum Gasteiger partial charge on any atom is -0.462 e. The van der Waals surface area contributed by atoms with Crippen LogP contribution < -0.4 is 0 Å². The van der Waals surface area contributed by atoms with Gasteiger partial charge in [-0.1, -0.05) is 155 Å². The van der Waals surface area contributed by atoms with Crippen LogP contribution in [0.2, 0.25) is 0 Å². The van der Waals surface area contributed by atoms with Crippen LogP contribution in [-0.2, 0) is 9.53 Å². The van der Waals surface area contributed by atoms with Gasteiger partial charge in [0, 0.05) is 12.8 Å². The van der Waals surface area contributed by atoms with Gasteiger partial charge in [-0.2, -0.15) is 0 Å². The van der Waals surface area contributed by atoms with Crippen LogP contribution in [0.4, 0.5) is 0 Å². The summed E-state index contributed by atoms with van der Waals surface area (Å²) in [5, 5.41) is 0. The number of esters is 1. The Morgan fingerprint density at radius 2 is 1.27 bits per heavy atom. The van der Waals surface area contributed by atoms with Crippen LogP contribution in [-0.4, -0.2) is 12.1 Å². The fraction of sp³-hybridized carbons (Fsp3) is 0.930. The summed E-state index contributed by atoms with van der Waals surface area (Å²) in [5.74, 6) is 3.72. The minimum atomic E-state index is 0.0664. The number of allylic oxidation sites excluding steroid dienone is 1. The van der Waals surface area contributed by atoms with Gasteiger partial charge < -0.3 is 4.74 Å². The van der Waals surface area contributed by atoms with Crippen LogP contribution in [0.3, 0.4) is 0 Å². The highest BCUT2D eigenvalue weighted by Crippen LogP contribution is 2.66. The summed E-state index contributed by atoms with van der Waals surface area (Å²) in [4.78, 5) is 12.8. The van der Waals surface area contributed by atoms with Gasteiger partial charge in [0.1, 0.15) is 6.10 Å². The van der Waals surface area contributed by atoms with Gasteiger partial charge in [0.05, 0.1) is 0 Å². The molecule has 0 aromatic heterocycles. The summed E-state index contributed by atoms with van der Waals surface area (Å²) in [6.07, 6.45) is 41.4. The monoisotopic (exact) mass is 625 g/mol. The number of rotatable bonds is 22. The van der Waals surface area contributed by atoms with E-state index in [-0.39, 0.29) is 12.1 Å². The molecule has 3 saturated carbocycles. The highest BCUT2D eigenvalue weighted by atomic mass is 16.5. The molecule has 0 heterocycles. The smallest absolute Gasteiger partial charge is 0.306 e. The number of fused-ring (bicyclic) bond motifs is 5. The number of carbonyl (C=O) groups excluding carboxylic acids is 1. The Labute approximate surface area is 281 Å². The molecule has 7 atom stereocenters. The number of hydrogen-bond acceptors (Lipinski definition) is 2. The van der Waals surface area contributed by atoms with E-state index in [9.17, 15) is 4.79 Å². The summed E-state index contributed by atoms with van der Waals surface area (Å²) in [6, 6.07) is 0. The standard InChI is InChI=1S/C43H76O2/c1-5-7-9-11-13-14-15-16-17-18-19-21-23-25-41(44)45-37-30-32-43(4)36(34-37)26-28-38-39-29-27-35(24-22-20-12-10-8-6-2)42(39,3)33-31-40(38)43/h26,35,37-40H,5-25,27-34H2,1-4H3/t35-,37-,38-,39-,40-,42+,43-/m0/s1. The molecule has 3 fully saturated rings. The molecule has 4 aliphatic carbocycles. The van der Waals surface area contributed by atoms with E-state index in [1.807, 2.05) is 0 Å². The average molecular weight is 625 g/mol. The first kappa shape index (κ1) is 37.0. The van der Waals surface area contributed by atoms with Gasteiger partial charge in [0.15, 0.2) is 0 Å². The van der Waals surface area contributed by atoms with E-state index in [4.69, 9.17) is 4.74 Å². The summed E-state index contributed by atoms with van der Waals surface area (Å²) in [6.45, 7) is 9.92. The molecule has 2 heteroatoms. The number of unbranched alkanes of at least 4 members (excludes halogenated alkanes) is 17. The first-order valence-electron chi connectivity index (χ1n) is 20.8. The Balaban J connectivity index is 1.12. The lowest BCUT2D eigenvalue weighted by Crippen LogP contribution is -2.50. The average Bonchev–Trinajstić information content (AvgIpc) is 3.37. The van der Waals surface area contributed by atoms with Gasteiger partial charge in [-0.05, 0) is 92.3 Å². The summed E-state index contributed by atoms with van der Waals surface area (Å²) < 4.78 is 6.12. The van der Waals surface area contributed by atoms with E-state index in [1.165, 1.54) is 161 Å². The van der Waals surface area contributed by atoms with Crippen molar-refractivity contribution in [3.63, 3.8) is 0 Å². The Hall–Kier alpha value is -0.790. The topological polar surface area (TPSA) is 26.3 Å². The van der Waals surface area contributed by atoms with E-state index >= 15 is 0 Å². The maximum absolute atomic E-state index is 12.8. The van der Waals surface area contributed by atoms with E-state index in [1.54, 1.807) is 5.57 Å². The number of carbonyl (C=O) groups is 1. The Morgan fingerprint density at radius 3 is 1.89 bits per heavy atom. The molecule has 0 aromatic carbocycles. The third kappa shape index (κ3) is 10.3. The molecule has 45 heavy (non-hydrogen) atoms. The predicted molar refractivity (Wildman–Crippen MR) is 193 cm³/mol. The van der Waals surface area contributed by atoms with Crippen molar-refractivity contribution in [1.82, 2.24) is 0 Å². The molecule has 4 rings (SSSR count). The lowest BCUT2D eigenvalue weighted by Gasteiger charge is -2.58. The molecule has 0 bridgehead atoms. The second kappa shape index (κ2) is 19.3. The maximum atomic E-state index is 12.8. The van der Waals surface area contributed by atoms with Crippen LogP contribution in [0, 0.1) is 34.5 Å². The van der Waals surface area contributed by atoms with Crippen LogP contribution in [0.1, 0.15) is 214 Å². The molecule has 2 nitrogen and oxygen atoms in total. The zero-order chi connectivity index (χ0) is 32.0. The van der Waals surface area contributed by atoms with Crippen molar-refractivity contribution in [1.29, 1.82) is 0 Å². The SMILES string of the molecule is CCCCCCCCCCCCCCCC(=O)O[C@H]1CC[C@@]2(C)C(=CC[C@H]3[C@@H]4CC[C@H](CCCCCCCC)[C@@]4(C)CC[C@@H]32)C1. The van der Waals surface area contributed by atoms with Crippen LogP contribution in [0.5, 0.6) is 0 Å². The second-order valence-corrected chi connectivity index (χ2v) is 17.0. The normalized spacial score (nSPS) is 32.4. The molecule has 0 spiro atoms. The van der Waals surface area contributed by atoms with Crippen molar-refractivity contribution in [3.8, 4) is 0 Å². The highest BCUT2D eigenvalue weighted by molar-refractivity contribution is 5.69. The molecule has 260 valence electrons. The summed E-state index contributed by atoms with van der Waals surface area (Å²) >= 11 is 0. The van der Waals surface area contributed by atoms with Gasteiger partial charge >= 0.3 is 5.97 Å². The zero-order valence-electron chi connectivity index (χ0n) is 30.8. The van der Waals surface area contributed by atoms with Gasteiger partial charge in [-0.3, -0.25) is 4.79 Å². The van der Waals surface area contributed by atoms with Gasteiger partial charge in [0.25, 0.3) is 0 Å². The molecule has 0 N–H and O–H groups in total. The highest BCUT2D eigenvalue weighted by Gasteiger charge is 2.58. The Bertz CT molecular complexity index is 875. The molecule has 0 unspecified atom stereocenters. The summed E-state index contributed by atoms with van der Waals surface area (Å²) in [7, 11) is 0. The van der Waals surface area contributed by atoms with Crippen molar-refractivity contribution in [2.24, 2.45) is 34.5 Å². The van der Waals surface area contributed by atoms with Crippen molar-refractivity contribution in [3.05, 3.63) is 11.6 Å². The van der Waals surface area contributed by atoms with Crippen molar-refractivity contribution in [2.45, 2.75) is 220 Å². The maximum Gasteiger partial charge on any atom is 0.306 e. The lowest BCUT2D eigenvalue weighted by molar-refractivity contribution is -0.151. The van der Waals surface area contributed by atoms with E-state index in [0.717, 1.165) is 42.9 Å². The molecular formula is C43H76O2. The number of ether oxygens (including phenoxy) is 1. The van der Waals surface area contributed by atoms with E-state index in [2.05, 4.69) is 33.8 Å². The first-order valence-corrected chi connectivity index (χ1v) is 20.8. The molecule has 0 amide bonds. The fourth-order valence-corrected chi connectivity index (χ4v) is 11.0. The van der Waals surface area contributed by atoms with Crippen molar-refractivity contribution in [2.75, 3.05) is 0 Å². The molecule has 0 saturated heterocycles.